The summed E-state index contributed by atoms with van der Waals surface area (Å²) in [6.45, 7) is 4.01. The first-order chi connectivity index (χ1) is 17.5. The van der Waals surface area contributed by atoms with E-state index in [1.807, 2.05) is 59.5 Å². The summed E-state index contributed by atoms with van der Waals surface area (Å²) in [5.74, 6) is 1.76. The van der Waals surface area contributed by atoms with Crippen LogP contribution in [0.25, 0.3) is 0 Å². The van der Waals surface area contributed by atoms with Gasteiger partial charge in [0, 0.05) is 37.4 Å². The van der Waals surface area contributed by atoms with Gasteiger partial charge in [-0.3, -0.25) is 13.8 Å². The van der Waals surface area contributed by atoms with Gasteiger partial charge in [-0.2, -0.15) is 4.99 Å². The molecule has 2 atom stereocenters. The van der Waals surface area contributed by atoms with Gasteiger partial charge < -0.3 is 24.5 Å². The van der Waals surface area contributed by atoms with Crippen molar-refractivity contribution >= 4 is 34.4 Å². The van der Waals surface area contributed by atoms with Crippen molar-refractivity contribution in [1.82, 2.24) is 4.90 Å². The molecular weight excluding hydrogens is 482 g/mol. The third-order valence-corrected chi connectivity index (χ3v) is 7.13. The van der Waals surface area contributed by atoms with Gasteiger partial charge in [0.25, 0.3) is 11.3 Å². The molecule has 2 aliphatic rings. The lowest BCUT2D eigenvalue weighted by molar-refractivity contribution is 0.0395. The molecule has 1 saturated heterocycles. The maximum atomic E-state index is 12.3. The Morgan fingerprint density at radius 3 is 2.69 bits per heavy atom. The van der Waals surface area contributed by atoms with Gasteiger partial charge >= 0.3 is 0 Å². The number of fused-ring (bicyclic) bond motifs is 1. The van der Waals surface area contributed by atoms with E-state index < -0.39 is 17.4 Å². The number of anilines is 2. The van der Waals surface area contributed by atoms with Crippen LogP contribution in [0.3, 0.4) is 0 Å². The minimum absolute atomic E-state index is 0.392. The molecule has 3 aromatic rings. The number of hydrogen-bond acceptors (Lipinski definition) is 8. The van der Waals surface area contributed by atoms with E-state index in [-0.39, 0.29) is 0 Å². The Morgan fingerprint density at radius 1 is 1.19 bits per heavy atom. The summed E-state index contributed by atoms with van der Waals surface area (Å²) in [5, 5.41) is 0. The molecule has 0 aliphatic carbocycles. The normalized spacial score (nSPS) is 18.9. The van der Waals surface area contributed by atoms with E-state index in [0.717, 1.165) is 35.7 Å². The van der Waals surface area contributed by atoms with Crippen molar-refractivity contribution in [3.05, 3.63) is 72.0 Å². The largest absolute Gasteiger partial charge is 0.497 e. The van der Waals surface area contributed by atoms with Crippen LogP contribution in [0, 0.1) is 0 Å². The summed E-state index contributed by atoms with van der Waals surface area (Å²) in [5.41, 5.74) is 9.63. The Morgan fingerprint density at radius 2 is 1.97 bits per heavy atom. The summed E-state index contributed by atoms with van der Waals surface area (Å²) in [7, 11) is 1.62. The number of morpholine rings is 1. The van der Waals surface area contributed by atoms with E-state index in [1.165, 1.54) is 4.31 Å². The van der Waals surface area contributed by atoms with Gasteiger partial charge in [-0.1, -0.05) is 12.1 Å². The second-order valence-corrected chi connectivity index (χ2v) is 9.37. The predicted molar refractivity (Wildman–Crippen MR) is 139 cm³/mol. The molecule has 0 spiro atoms. The molecule has 2 aromatic carbocycles. The summed E-state index contributed by atoms with van der Waals surface area (Å²) in [6, 6.07) is 16.8. The minimum Gasteiger partial charge on any atom is -0.497 e. The highest BCUT2D eigenvalue weighted by atomic mass is 32.2. The number of aliphatic imine (C=N–C) groups is 1. The first-order valence-corrected chi connectivity index (χ1v) is 12.8. The highest BCUT2D eigenvalue weighted by molar-refractivity contribution is 7.80. The summed E-state index contributed by atoms with van der Waals surface area (Å²) in [4.78, 5) is 8.92. The van der Waals surface area contributed by atoms with Crippen LogP contribution in [0.4, 0.5) is 17.3 Å². The Labute approximate surface area is 212 Å². The highest BCUT2D eigenvalue weighted by Crippen LogP contribution is 2.38. The van der Waals surface area contributed by atoms with Crippen molar-refractivity contribution in [3.8, 4) is 5.75 Å². The molecule has 0 amide bonds. The van der Waals surface area contributed by atoms with Gasteiger partial charge in [0.05, 0.1) is 37.8 Å². The molecule has 2 unspecified atom stereocenters. The number of methoxy groups -OCH3 is 1. The van der Waals surface area contributed by atoms with Gasteiger partial charge in [0.15, 0.2) is 0 Å². The first kappa shape index (κ1) is 24.5. The van der Waals surface area contributed by atoms with Crippen LogP contribution < -0.4 is 19.7 Å². The van der Waals surface area contributed by atoms with E-state index in [4.69, 9.17) is 24.6 Å². The van der Waals surface area contributed by atoms with Crippen molar-refractivity contribution in [3.63, 3.8) is 0 Å². The smallest absolute Gasteiger partial charge is 0.261 e. The van der Waals surface area contributed by atoms with Gasteiger partial charge in [0.2, 0.25) is 5.88 Å². The van der Waals surface area contributed by atoms with Crippen LogP contribution in [0.2, 0.25) is 0 Å². The van der Waals surface area contributed by atoms with E-state index in [1.54, 1.807) is 13.4 Å². The second kappa shape index (κ2) is 10.8. The second-order valence-electron chi connectivity index (χ2n) is 8.47. The van der Waals surface area contributed by atoms with Gasteiger partial charge in [-0.25, -0.2) is 4.21 Å². The quantitative estimate of drug-likeness (QED) is 0.443. The molecule has 36 heavy (non-hydrogen) atoms. The number of nitrogens with zero attached hydrogens (tertiary/aromatic N) is 4. The third kappa shape index (κ3) is 5.01. The molecule has 0 bridgehead atoms. The van der Waals surface area contributed by atoms with E-state index in [0.29, 0.717) is 43.7 Å². The Hall–Kier alpha value is -3.22. The van der Waals surface area contributed by atoms with Crippen LogP contribution >= 0.6 is 0 Å². The molecule has 3 N–H and O–H groups in total. The van der Waals surface area contributed by atoms with Crippen LogP contribution in [-0.4, -0.2) is 66.0 Å². The van der Waals surface area contributed by atoms with Crippen LogP contribution in [0.15, 0.2) is 70.3 Å². The van der Waals surface area contributed by atoms with Crippen LogP contribution in [0.5, 0.6) is 5.75 Å². The van der Waals surface area contributed by atoms with Gasteiger partial charge in [-0.15, -0.1) is 0 Å². The molecule has 10 nitrogen and oxygen atoms in total. The summed E-state index contributed by atoms with van der Waals surface area (Å²) < 4.78 is 40.2. The topological polar surface area (TPSA) is 117 Å². The fourth-order valence-electron chi connectivity index (χ4n) is 4.43. The average Bonchev–Trinajstić information content (AvgIpc) is 3.39. The number of benzene rings is 2. The van der Waals surface area contributed by atoms with Crippen molar-refractivity contribution in [2.45, 2.75) is 6.17 Å². The van der Waals surface area contributed by atoms with Crippen LogP contribution in [-0.2, 0) is 16.0 Å². The molecule has 3 heterocycles. The van der Waals surface area contributed by atoms with Gasteiger partial charge in [-0.05, 0) is 42.5 Å². The molecule has 0 radical (unpaired) electrons. The molecule has 5 rings (SSSR count). The Balaban J connectivity index is 1.48. The average molecular weight is 512 g/mol. The number of nitrogens with two attached hydrogens (primary N) is 1. The molecule has 2 aliphatic heterocycles. The molecular formula is C25H29N5O5S. The number of hydrogen-bond donors (Lipinski definition) is 2. The number of ether oxygens (including phenoxy) is 2. The van der Waals surface area contributed by atoms with E-state index in [9.17, 15) is 8.76 Å². The van der Waals surface area contributed by atoms with Crippen molar-refractivity contribution in [2.75, 3.05) is 55.7 Å². The fourth-order valence-corrected chi connectivity index (χ4v) is 4.96. The number of amidine groups is 1. The zero-order valence-corrected chi connectivity index (χ0v) is 20.8. The van der Waals surface area contributed by atoms with Crippen molar-refractivity contribution in [2.24, 2.45) is 10.7 Å². The van der Waals surface area contributed by atoms with Gasteiger partial charge in [0.1, 0.15) is 17.8 Å². The first-order valence-electron chi connectivity index (χ1n) is 11.7. The molecule has 1 fully saturated rings. The monoisotopic (exact) mass is 511 g/mol. The highest BCUT2D eigenvalue weighted by Gasteiger charge is 2.32. The Bertz CT molecular complexity index is 1240. The van der Waals surface area contributed by atoms with E-state index >= 15 is 0 Å². The van der Waals surface area contributed by atoms with E-state index in [2.05, 4.69) is 4.90 Å². The molecule has 1 aromatic heterocycles. The van der Waals surface area contributed by atoms with Crippen LogP contribution in [0.1, 0.15) is 17.3 Å². The fraction of sp³-hybridized carbons (Fsp3) is 0.320. The molecule has 11 heteroatoms. The lowest BCUT2D eigenvalue weighted by atomic mass is 10.1. The maximum Gasteiger partial charge on any atom is 0.261 e. The summed E-state index contributed by atoms with van der Waals surface area (Å²) >= 11 is -2.19. The standard InChI is InChI=1S/C25H29N5O5S/c1-33-21-7-5-19(6-8-21)30-23(26)22-9-14-35-25(22)27-24(30)18-3-2-4-20(17-18)29(36(31)32)11-10-28-12-15-34-16-13-28/h2-9,14,17,23H,10-13,15-16,26H2,1H3,(H,31,32). The number of furan rings is 1. The summed E-state index contributed by atoms with van der Waals surface area (Å²) in [6.07, 6.45) is 1.04. The molecule has 0 saturated carbocycles. The number of rotatable bonds is 8. The SMILES string of the molecule is COc1ccc(N2C(c3cccc(N(CCN4CCOCC4)S(=O)O)c3)=Nc3occc3C2N)cc1. The zero-order chi connectivity index (χ0) is 25.1. The van der Waals surface area contributed by atoms with Crippen molar-refractivity contribution in [1.29, 1.82) is 0 Å². The predicted octanol–water partition coefficient (Wildman–Crippen LogP) is 3.12. The lowest BCUT2D eigenvalue weighted by Crippen LogP contribution is -2.42. The maximum absolute atomic E-state index is 12.3. The molecule has 190 valence electrons. The van der Waals surface area contributed by atoms with Crippen molar-refractivity contribution < 1.29 is 22.7 Å². The minimum atomic E-state index is -2.19. The Kier molecular flexibility index (Phi) is 7.35. The third-order valence-electron chi connectivity index (χ3n) is 6.36. The lowest BCUT2D eigenvalue weighted by Gasteiger charge is -2.35. The zero-order valence-electron chi connectivity index (χ0n) is 19.9.